The van der Waals surface area contributed by atoms with E-state index < -0.39 is 0 Å². The SMILES string of the molecule is CCCC(N)CC(=O)NCC1CC=CCC1. The summed E-state index contributed by atoms with van der Waals surface area (Å²) in [6, 6.07) is 0.0243. The number of amides is 1. The summed E-state index contributed by atoms with van der Waals surface area (Å²) in [4.78, 5) is 11.6. The summed E-state index contributed by atoms with van der Waals surface area (Å²) >= 11 is 0. The lowest BCUT2D eigenvalue weighted by Crippen LogP contribution is -2.34. The number of rotatable bonds is 6. The average Bonchev–Trinajstić information content (AvgIpc) is 2.28. The first-order valence-electron chi connectivity index (χ1n) is 6.39. The van der Waals surface area contributed by atoms with Crippen LogP contribution in [-0.4, -0.2) is 18.5 Å². The molecule has 0 aliphatic heterocycles. The first kappa shape index (κ1) is 13.2. The van der Waals surface area contributed by atoms with Crippen molar-refractivity contribution in [1.29, 1.82) is 0 Å². The van der Waals surface area contributed by atoms with Gasteiger partial charge in [-0.1, -0.05) is 25.5 Å². The number of nitrogens with two attached hydrogens (primary N) is 1. The molecule has 0 saturated heterocycles. The lowest BCUT2D eigenvalue weighted by atomic mass is 9.94. The topological polar surface area (TPSA) is 55.1 Å². The maximum Gasteiger partial charge on any atom is 0.221 e. The van der Waals surface area contributed by atoms with Gasteiger partial charge >= 0.3 is 0 Å². The molecule has 0 spiro atoms. The molecule has 1 aliphatic rings. The normalized spacial score (nSPS) is 21.8. The van der Waals surface area contributed by atoms with Crippen LogP contribution in [0.15, 0.2) is 12.2 Å². The van der Waals surface area contributed by atoms with E-state index in [4.69, 9.17) is 5.73 Å². The minimum Gasteiger partial charge on any atom is -0.356 e. The number of allylic oxidation sites excluding steroid dienone is 2. The van der Waals surface area contributed by atoms with Crippen LogP contribution in [0.2, 0.25) is 0 Å². The zero-order valence-corrected chi connectivity index (χ0v) is 10.2. The molecule has 1 amide bonds. The highest BCUT2D eigenvalue weighted by molar-refractivity contribution is 5.76. The summed E-state index contributed by atoms with van der Waals surface area (Å²) in [6.45, 7) is 2.90. The molecule has 0 radical (unpaired) electrons. The molecule has 3 N–H and O–H groups in total. The third-order valence-electron chi connectivity index (χ3n) is 3.07. The monoisotopic (exact) mass is 224 g/mol. The van der Waals surface area contributed by atoms with Crippen LogP contribution in [0.25, 0.3) is 0 Å². The summed E-state index contributed by atoms with van der Waals surface area (Å²) in [5, 5.41) is 2.99. The summed E-state index contributed by atoms with van der Waals surface area (Å²) in [6.07, 6.45) is 10.3. The molecule has 0 aromatic carbocycles. The second-order valence-electron chi connectivity index (χ2n) is 4.71. The number of carbonyl (C=O) groups excluding carboxylic acids is 1. The summed E-state index contributed by atoms with van der Waals surface area (Å²) in [5.41, 5.74) is 5.82. The fraction of sp³-hybridized carbons (Fsp3) is 0.769. The lowest BCUT2D eigenvalue weighted by molar-refractivity contribution is -0.121. The van der Waals surface area contributed by atoms with Gasteiger partial charge in [0.15, 0.2) is 0 Å². The van der Waals surface area contributed by atoms with Gasteiger partial charge in [-0.15, -0.1) is 0 Å². The molecule has 0 saturated carbocycles. The van der Waals surface area contributed by atoms with Gasteiger partial charge in [0, 0.05) is 19.0 Å². The highest BCUT2D eigenvalue weighted by Crippen LogP contribution is 2.16. The van der Waals surface area contributed by atoms with E-state index in [0.717, 1.165) is 32.2 Å². The van der Waals surface area contributed by atoms with E-state index in [1.165, 1.54) is 6.42 Å². The molecular formula is C13H24N2O. The Morgan fingerprint density at radius 3 is 3.00 bits per heavy atom. The highest BCUT2D eigenvalue weighted by Gasteiger charge is 2.12. The van der Waals surface area contributed by atoms with Crippen LogP contribution in [0.1, 0.15) is 45.4 Å². The molecule has 0 heterocycles. The van der Waals surface area contributed by atoms with Gasteiger partial charge in [0.1, 0.15) is 0 Å². The van der Waals surface area contributed by atoms with Crippen LogP contribution >= 0.6 is 0 Å². The third-order valence-corrected chi connectivity index (χ3v) is 3.07. The first-order chi connectivity index (χ1) is 7.72. The van der Waals surface area contributed by atoms with Crippen molar-refractivity contribution in [3.8, 4) is 0 Å². The van der Waals surface area contributed by atoms with Gasteiger partial charge in [-0.2, -0.15) is 0 Å². The van der Waals surface area contributed by atoms with Gasteiger partial charge in [0.25, 0.3) is 0 Å². The van der Waals surface area contributed by atoms with Crippen molar-refractivity contribution < 1.29 is 4.79 Å². The molecule has 0 bridgehead atoms. The fourth-order valence-corrected chi connectivity index (χ4v) is 2.08. The van der Waals surface area contributed by atoms with Gasteiger partial charge < -0.3 is 11.1 Å². The van der Waals surface area contributed by atoms with Crippen LogP contribution < -0.4 is 11.1 Å². The molecular weight excluding hydrogens is 200 g/mol. The number of hydrogen-bond acceptors (Lipinski definition) is 2. The second kappa shape index (κ2) is 7.44. The van der Waals surface area contributed by atoms with E-state index in [1.807, 2.05) is 0 Å². The summed E-state index contributed by atoms with van der Waals surface area (Å²) in [5.74, 6) is 0.729. The summed E-state index contributed by atoms with van der Waals surface area (Å²) in [7, 11) is 0. The maximum absolute atomic E-state index is 11.6. The molecule has 1 rings (SSSR count). The molecule has 2 atom stereocenters. The molecule has 0 aromatic rings. The van der Waals surface area contributed by atoms with Crippen LogP contribution in [0.5, 0.6) is 0 Å². The van der Waals surface area contributed by atoms with Gasteiger partial charge in [0.05, 0.1) is 0 Å². The maximum atomic E-state index is 11.6. The Kier molecular flexibility index (Phi) is 6.16. The van der Waals surface area contributed by atoms with Crippen molar-refractivity contribution in [2.24, 2.45) is 11.7 Å². The zero-order valence-electron chi connectivity index (χ0n) is 10.2. The van der Waals surface area contributed by atoms with Gasteiger partial charge in [-0.05, 0) is 31.6 Å². The second-order valence-corrected chi connectivity index (χ2v) is 4.71. The Morgan fingerprint density at radius 1 is 1.56 bits per heavy atom. The minimum atomic E-state index is 0.0243. The van der Waals surface area contributed by atoms with Crippen molar-refractivity contribution in [3.05, 3.63) is 12.2 Å². The van der Waals surface area contributed by atoms with E-state index in [2.05, 4.69) is 24.4 Å². The zero-order chi connectivity index (χ0) is 11.8. The van der Waals surface area contributed by atoms with Crippen LogP contribution in [-0.2, 0) is 4.79 Å². The predicted molar refractivity (Wildman–Crippen MR) is 67.0 cm³/mol. The molecule has 92 valence electrons. The molecule has 3 heteroatoms. The van der Waals surface area contributed by atoms with Gasteiger partial charge in [0.2, 0.25) is 5.91 Å². The smallest absolute Gasteiger partial charge is 0.221 e. The van der Waals surface area contributed by atoms with Crippen LogP contribution in [0.3, 0.4) is 0 Å². The molecule has 3 nitrogen and oxygen atoms in total. The van der Waals surface area contributed by atoms with Crippen molar-refractivity contribution in [3.63, 3.8) is 0 Å². The molecule has 2 unspecified atom stereocenters. The number of nitrogens with one attached hydrogen (secondary N) is 1. The van der Waals surface area contributed by atoms with Crippen LogP contribution in [0, 0.1) is 5.92 Å². The fourth-order valence-electron chi connectivity index (χ4n) is 2.08. The number of carbonyl (C=O) groups is 1. The first-order valence-corrected chi connectivity index (χ1v) is 6.39. The Balaban J connectivity index is 2.12. The molecule has 0 aromatic heterocycles. The summed E-state index contributed by atoms with van der Waals surface area (Å²) < 4.78 is 0. The third kappa shape index (κ3) is 5.31. The van der Waals surface area contributed by atoms with E-state index in [-0.39, 0.29) is 11.9 Å². The van der Waals surface area contributed by atoms with Crippen molar-refractivity contribution in [2.45, 2.75) is 51.5 Å². The quantitative estimate of drug-likeness (QED) is 0.678. The van der Waals surface area contributed by atoms with E-state index in [0.29, 0.717) is 12.3 Å². The van der Waals surface area contributed by atoms with Crippen molar-refractivity contribution in [2.75, 3.05) is 6.54 Å². The van der Waals surface area contributed by atoms with Crippen LogP contribution in [0.4, 0.5) is 0 Å². The van der Waals surface area contributed by atoms with Crippen molar-refractivity contribution in [1.82, 2.24) is 5.32 Å². The Bertz CT molecular complexity index is 238. The Hall–Kier alpha value is -0.830. The van der Waals surface area contributed by atoms with Gasteiger partial charge in [-0.25, -0.2) is 0 Å². The molecule has 16 heavy (non-hydrogen) atoms. The van der Waals surface area contributed by atoms with E-state index in [1.54, 1.807) is 0 Å². The van der Waals surface area contributed by atoms with E-state index in [9.17, 15) is 4.79 Å². The standard InChI is InChI=1S/C13H24N2O/c1-2-6-12(14)9-13(16)15-10-11-7-4-3-5-8-11/h3-4,11-12H,2,5-10,14H2,1H3,(H,15,16). The highest BCUT2D eigenvalue weighted by atomic mass is 16.1. The molecule has 0 fully saturated rings. The van der Waals surface area contributed by atoms with Crippen molar-refractivity contribution >= 4 is 5.91 Å². The van der Waals surface area contributed by atoms with Gasteiger partial charge in [-0.3, -0.25) is 4.79 Å². The van der Waals surface area contributed by atoms with E-state index >= 15 is 0 Å². The number of hydrogen-bond donors (Lipinski definition) is 2. The largest absolute Gasteiger partial charge is 0.356 e. The Labute approximate surface area is 98.5 Å². The molecule has 1 aliphatic carbocycles. The minimum absolute atomic E-state index is 0.0243. The lowest BCUT2D eigenvalue weighted by Gasteiger charge is -2.18. The Morgan fingerprint density at radius 2 is 2.38 bits per heavy atom. The average molecular weight is 224 g/mol. The predicted octanol–water partition coefficient (Wildman–Crippen LogP) is 1.98.